The molecule has 5 heteroatoms. The van der Waals surface area contributed by atoms with E-state index in [0.29, 0.717) is 37.5 Å². The number of rotatable bonds is 7. The minimum absolute atomic E-state index is 0.0657. The fourth-order valence-corrected chi connectivity index (χ4v) is 2.94. The minimum atomic E-state index is -0.954. The molecule has 0 saturated carbocycles. The molecule has 2 rings (SSSR count). The molecule has 0 N–H and O–H groups in total. The Morgan fingerprint density at radius 3 is 2.39 bits per heavy atom. The molecule has 2 unspecified atom stereocenters. The molecule has 2 aliphatic rings. The Balaban J connectivity index is 0.00000190. The van der Waals surface area contributed by atoms with Crippen molar-refractivity contribution in [1.82, 2.24) is 0 Å². The molecule has 158 valence electrons. The summed E-state index contributed by atoms with van der Waals surface area (Å²) in [5.41, 5.74) is 1.05. The van der Waals surface area contributed by atoms with E-state index in [1.54, 1.807) is 13.0 Å². The lowest BCUT2D eigenvalue weighted by Gasteiger charge is -2.28. The van der Waals surface area contributed by atoms with Crippen molar-refractivity contribution in [1.29, 1.82) is 0 Å². The fourth-order valence-electron chi connectivity index (χ4n) is 2.94. The maximum absolute atomic E-state index is 14.2. The van der Waals surface area contributed by atoms with Gasteiger partial charge in [0.15, 0.2) is 11.7 Å². The third-order valence-electron chi connectivity index (χ3n) is 4.92. The summed E-state index contributed by atoms with van der Waals surface area (Å²) in [6.45, 7) is 12.0. The highest BCUT2D eigenvalue weighted by Gasteiger charge is 2.21. The van der Waals surface area contributed by atoms with Gasteiger partial charge in [-0.3, -0.25) is 0 Å². The average molecular weight is 397 g/mol. The number of hydrogen-bond donors (Lipinski definition) is 0. The molecule has 0 amide bonds. The molecule has 0 aromatic heterocycles. The van der Waals surface area contributed by atoms with Crippen molar-refractivity contribution in [3.8, 4) is 0 Å². The highest BCUT2D eigenvalue weighted by Crippen LogP contribution is 2.31. The summed E-state index contributed by atoms with van der Waals surface area (Å²) in [5, 5.41) is 0. The Hall–Kier alpha value is -1.88. The zero-order chi connectivity index (χ0) is 21.1. The van der Waals surface area contributed by atoms with Gasteiger partial charge in [-0.1, -0.05) is 26.0 Å². The summed E-state index contributed by atoms with van der Waals surface area (Å²) >= 11 is 0. The lowest BCUT2D eigenvalue weighted by Crippen LogP contribution is -2.28. The lowest BCUT2D eigenvalue weighted by molar-refractivity contribution is -0.0413. The van der Waals surface area contributed by atoms with Gasteiger partial charge in [0.05, 0.1) is 25.6 Å². The Kier molecular flexibility index (Phi) is 10.8. The van der Waals surface area contributed by atoms with Crippen molar-refractivity contribution in [3.05, 3.63) is 59.1 Å². The first-order valence-corrected chi connectivity index (χ1v) is 10.00. The zero-order valence-corrected chi connectivity index (χ0v) is 17.8. The second-order valence-electron chi connectivity index (χ2n) is 6.68. The standard InChI is InChI=1S/C21H28F2O3.C2H6/c1-5-16-6-9-19(25-12-16)13-26-18-10-7-17(8-11-18)14(2)20(22)21(23)15(3)24-4;1-2/h5,7,10,16,19H,1,6,8-9,11-13H2,2-4H3;1-2H3/b20-14-,21-15-;. The molecule has 1 heterocycles. The SMILES string of the molecule is C=CC1CCC(COC2=CC=C(/C(C)=C(F)/C(F)=C(\C)OC)CC2)OC1.CC. The Labute approximate surface area is 168 Å². The van der Waals surface area contributed by atoms with E-state index >= 15 is 0 Å². The van der Waals surface area contributed by atoms with Gasteiger partial charge >= 0.3 is 0 Å². The molecule has 0 bridgehead atoms. The van der Waals surface area contributed by atoms with Crippen molar-refractivity contribution in [3.63, 3.8) is 0 Å². The molecule has 0 aromatic carbocycles. The van der Waals surface area contributed by atoms with E-state index in [4.69, 9.17) is 14.2 Å². The van der Waals surface area contributed by atoms with Crippen LogP contribution in [0.5, 0.6) is 0 Å². The maximum atomic E-state index is 14.2. The van der Waals surface area contributed by atoms with Crippen LogP contribution >= 0.6 is 0 Å². The van der Waals surface area contributed by atoms with Gasteiger partial charge in [0, 0.05) is 12.3 Å². The van der Waals surface area contributed by atoms with Crippen molar-refractivity contribution in [2.45, 2.75) is 59.5 Å². The Morgan fingerprint density at radius 2 is 1.89 bits per heavy atom. The van der Waals surface area contributed by atoms with Gasteiger partial charge in [-0.2, -0.15) is 0 Å². The van der Waals surface area contributed by atoms with Crippen LogP contribution in [0.4, 0.5) is 8.78 Å². The van der Waals surface area contributed by atoms with Crippen LogP contribution in [0.1, 0.15) is 53.4 Å². The molecule has 1 aliphatic heterocycles. The molecule has 1 fully saturated rings. The van der Waals surface area contributed by atoms with E-state index in [-0.39, 0.29) is 11.9 Å². The third kappa shape index (κ3) is 6.93. The maximum Gasteiger partial charge on any atom is 0.196 e. The molecule has 0 spiro atoms. The Morgan fingerprint density at radius 1 is 1.18 bits per heavy atom. The molecule has 3 nitrogen and oxygen atoms in total. The van der Waals surface area contributed by atoms with Gasteiger partial charge in [-0.25, -0.2) is 8.78 Å². The normalized spacial score (nSPS) is 23.8. The second kappa shape index (κ2) is 12.6. The van der Waals surface area contributed by atoms with Crippen LogP contribution in [-0.4, -0.2) is 26.4 Å². The van der Waals surface area contributed by atoms with Crippen molar-refractivity contribution < 1.29 is 23.0 Å². The van der Waals surface area contributed by atoms with Crippen molar-refractivity contribution in [2.75, 3.05) is 20.3 Å². The van der Waals surface area contributed by atoms with Gasteiger partial charge < -0.3 is 14.2 Å². The van der Waals surface area contributed by atoms with Crippen LogP contribution in [-0.2, 0) is 14.2 Å². The number of ether oxygens (including phenoxy) is 3. The summed E-state index contributed by atoms with van der Waals surface area (Å²) in [4.78, 5) is 0. The van der Waals surface area contributed by atoms with Gasteiger partial charge in [0.2, 0.25) is 0 Å². The summed E-state index contributed by atoms with van der Waals surface area (Å²) < 4.78 is 44.5. The quantitative estimate of drug-likeness (QED) is 0.272. The summed E-state index contributed by atoms with van der Waals surface area (Å²) in [6, 6.07) is 0. The van der Waals surface area contributed by atoms with E-state index in [1.165, 1.54) is 14.0 Å². The van der Waals surface area contributed by atoms with Crippen molar-refractivity contribution in [2.24, 2.45) is 5.92 Å². The van der Waals surface area contributed by atoms with Crippen molar-refractivity contribution >= 4 is 0 Å². The molecule has 2 atom stereocenters. The first kappa shape index (κ1) is 24.2. The minimum Gasteiger partial charge on any atom is -0.498 e. The van der Waals surface area contributed by atoms with Gasteiger partial charge in [-0.05, 0) is 50.3 Å². The average Bonchev–Trinajstić information content (AvgIpc) is 2.77. The number of hydrogen-bond acceptors (Lipinski definition) is 3. The van der Waals surface area contributed by atoms with E-state index < -0.39 is 11.7 Å². The molecule has 1 aliphatic carbocycles. The summed E-state index contributed by atoms with van der Waals surface area (Å²) in [7, 11) is 1.32. The van der Waals surface area contributed by atoms with Crippen LogP contribution in [0.2, 0.25) is 0 Å². The van der Waals surface area contributed by atoms with E-state index in [9.17, 15) is 8.78 Å². The van der Waals surface area contributed by atoms with Crippen LogP contribution in [0, 0.1) is 5.92 Å². The predicted octanol–water partition coefficient (Wildman–Crippen LogP) is 6.71. The summed E-state index contributed by atoms with van der Waals surface area (Å²) in [6.07, 6.45) is 8.96. The van der Waals surface area contributed by atoms with Crippen LogP contribution in [0.3, 0.4) is 0 Å². The van der Waals surface area contributed by atoms with Crippen LogP contribution in [0.25, 0.3) is 0 Å². The predicted molar refractivity (Wildman–Crippen MR) is 110 cm³/mol. The van der Waals surface area contributed by atoms with Gasteiger partial charge in [-0.15, -0.1) is 6.58 Å². The number of halogens is 2. The van der Waals surface area contributed by atoms with E-state index in [0.717, 1.165) is 24.2 Å². The molecule has 0 radical (unpaired) electrons. The topological polar surface area (TPSA) is 27.7 Å². The molecular weight excluding hydrogens is 362 g/mol. The zero-order valence-electron chi connectivity index (χ0n) is 17.8. The largest absolute Gasteiger partial charge is 0.498 e. The highest BCUT2D eigenvalue weighted by atomic mass is 19.2. The van der Waals surface area contributed by atoms with E-state index in [2.05, 4.69) is 6.58 Å². The summed E-state index contributed by atoms with van der Waals surface area (Å²) in [5.74, 6) is -0.610. The molecule has 1 saturated heterocycles. The number of allylic oxidation sites excluding steroid dienone is 8. The number of methoxy groups -OCH3 is 1. The third-order valence-corrected chi connectivity index (χ3v) is 4.92. The molecule has 0 aromatic rings. The Bertz CT molecular complexity index is 636. The van der Waals surface area contributed by atoms with E-state index in [1.807, 2.05) is 26.0 Å². The monoisotopic (exact) mass is 396 g/mol. The van der Waals surface area contributed by atoms with Crippen LogP contribution in [0.15, 0.2) is 59.1 Å². The second-order valence-corrected chi connectivity index (χ2v) is 6.68. The molecule has 28 heavy (non-hydrogen) atoms. The van der Waals surface area contributed by atoms with Crippen LogP contribution < -0.4 is 0 Å². The first-order valence-electron chi connectivity index (χ1n) is 10.00. The van der Waals surface area contributed by atoms with Gasteiger partial charge in [0.1, 0.15) is 12.4 Å². The fraction of sp³-hybridized carbons (Fsp3) is 0.565. The van der Waals surface area contributed by atoms with Gasteiger partial charge in [0.25, 0.3) is 0 Å². The highest BCUT2D eigenvalue weighted by molar-refractivity contribution is 5.42. The first-order chi connectivity index (χ1) is 13.5. The molecular formula is C23H34F2O3. The lowest BCUT2D eigenvalue weighted by atomic mass is 9.96. The smallest absolute Gasteiger partial charge is 0.196 e.